The minimum absolute atomic E-state index is 0.273. The van der Waals surface area contributed by atoms with Crippen molar-refractivity contribution in [3.05, 3.63) is 76.7 Å². The summed E-state index contributed by atoms with van der Waals surface area (Å²) >= 11 is 13.8. The van der Waals surface area contributed by atoms with Crippen molar-refractivity contribution in [3.8, 4) is 28.5 Å². The molecule has 1 amide bonds. The summed E-state index contributed by atoms with van der Waals surface area (Å²) in [5.41, 5.74) is 7.23. The Balaban J connectivity index is 1.16. The minimum atomic E-state index is -0.273. The Hall–Kier alpha value is -4.51. The molecule has 8 rings (SSSR count). The summed E-state index contributed by atoms with van der Waals surface area (Å²) in [5, 5.41) is 3.80. The van der Waals surface area contributed by atoms with E-state index in [0.717, 1.165) is 52.9 Å². The van der Waals surface area contributed by atoms with Crippen molar-refractivity contribution in [2.24, 2.45) is 10.4 Å². The average molecular weight is 728 g/mol. The number of carbonyl (C=O) groups is 1. The number of methoxy groups -OCH3 is 3. The molecule has 1 saturated carbocycles. The quantitative estimate of drug-likeness (QED) is 0.226. The number of piperidine rings is 1. The lowest BCUT2D eigenvalue weighted by atomic mass is 9.71. The first kappa shape index (κ1) is 33.6. The summed E-state index contributed by atoms with van der Waals surface area (Å²) in [7, 11) is 4.77. The van der Waals surface area contributed by atoms with E-state index in [-0.39, 0.29) is 5.91 Å². The molecule has 1 aromatic heterocycles. The fourth-order valence-corrected chi connectivity index (χ4v) is 8.56. The van der Waals surface area contributed by atoms with E-state index in [0.29, 0.717) is 56.2 Å². The van der Waals surface area contributed by atoms with Gasteiger partial charge >= 0.3 is 0 Å². The van der Waals surface area contributed by atoms with Gasteiger partial charge < -0.3 is 34.2 Å². The highest BCUT2D eigenvalue weighted by molar-refractivity contribution is 6.44. The minimum Gasteiger partial charge on any atom is -0.496 e. The van der Waals surface area contributed by atoms with Crippen LogP contribution in [-0.2, 0) is 4.79 Å². The van der Waals surface area contributed by atoms with E-state index >= 15 is 0 Å². The number of hydrogen-bond donors (Lipinski definition) is 1. The van der Waals surface area contributed by atoms with Crippen LogP contribution in [0.25, 0.3) is 22.9 Å². The topological polar surface area (TPSA) is 91.8 Å². The molecule has 4 aliphatic heterocycles. The van der Waals surface area contributed by atoms with Crippen LogP contribution in [0, 0.1) is 5.41 Å². The van der Waals surface area contributed by atoms with Gasteiger partial charge in [0.05, 0.1) is 66.4 Å². The number of nitrogens with one attached hydrogen (secondary N) is 1. The molecular weight excluding hydrogens is 687 g/mol. The fourth-order valence-electron chi connectivity index (χ4n) is 7.86. The highest BCUT2D eigenvalue weighted by Crippen LogP contribution is 2.50. The first-order chi connectivity index (χ1) is 24.7. The largest absolute Gasteiger partial charge is 0.496 e. The number of pyridine rings is 1. The molecule has 1 aliphatic carbocycles. The summed E-state index contributed by atoms with van der Waals surface area (Å²) in [6.07, 6.45) is 13.9. The van der Waals surface area contributed by atoms with Crippen molar-refractivity contribution < 1.29 is 19.0 Å². The number of aliphatic imine (C=N–C) groups is 1. The summed E-state index contributed by atoms with van der Waals surface area (Å²) in [4.78, 5) is 29.5. The van der Waals surface area contributed by atoms with E-state index in [1.807, 2.05) is 36.7 Å². The van der Waals surface area contributed by atoms with E-state index < -0.39 is 0 Å². The molecule has 2 saturated heterocycles. The van der Waals surface area contributed by atoms with Gasteiger partial charge in [-0.1, -0.05) is 29.8 Å². The van der Waals surface area contributed by atoms with Crippen LogP contribution >= 0.6 is 23.2 Å². The van der Waals surface area contributed by atoms with Gasteiger partial charge in [0.1, 0.15) is 17.2 Å². The number of benzene rings is 2. The lowest BCUT2D eigenvalue weighted by Gasteiger charge is -2.55. The van der Waals surface area contributed by atoms with Crippen molar-refractivity contribution >= 4 is 63.5 Å². The van der Waals surface area contributed by atoms with Gasteiger partial charge in [-0.25, -0.2) is 0 Å². The van der Waals surface area contributed by atoms with Crippen molar-refractivity contribution in [2.75, 3.05) is 69.2 Å². The molecule has 0 atom stereocenters. The molecule has 264 valence electrons. The zero-order valence-corrected chi connectivity index (χ0v) is 30.5. The second-order valence-electron chi connectivity index (χ2n) is 13.9. The Labute approximate surface area is 308 Å². The Morgan fingerprint density at radius 3 is 2.33 bits per heavy atom. The number of likely N-dealkylation sites (tertiary alicyclic amines) is 1. The molecule has 0 unspecified atom stereocenters. The van der Waals surface area contributed by atoms with Gasteiger partial charge in [-0.3, -0.25) is 14.8 Å². The van der Waals surface area contributed by atoms with Crippen LogP contribution in [0.1, 0.15) is 36.8 Å². The second kappa shape index (κ2) is 13.2. The lowest BCUT2D eigenvalue weighted by Crippen LogP contribution is -2.60. The van der Waals surface area contributed by atoms with E-state index in [9.17, 15) is 4.79 Å². The average Bonchev–Trinajstić information content (AvgIpc) is 4.00. The van der Waals surface area contributed by atoms with Gasteiger partial charge in [-0.05, 0) is 63.1 Å². The molecule has 1 spiro atoms. The number of halogens is 2. The summed E-state index contributed by atoms with van der Waals surface area (Å²) in [5.74, 6) is 1.28. The summed E-state index contributed by atoms with van der Waals surface area (Å²) in [6, 6.07) is 8.50. The molecule has 5 heterocycles. The van der Waals surface area contributed by atoms with Crippen LogP contribution in [-0.4, -0.2) is 81.6 Å². The van der Waals surface area contributed by atoms with Gasteiger partial charge in [0.25, 0.3) is 0 Å². The number of aromatic nitrogens is 1. The van der Waals surface area contributed by atoms with Crippen molar-refractivity contribution in [1.82, 2.24) is 9.88 Å². The third-order valence-corrected chi connectivity index (χ3v) is 11.6. The number of hydrogen-bond acceptors (Lipinski definition) is 9. The van der Waals surface area contributed by atoms with Crippen LogP contribution in [0.5, 0.6) is 17.2 Å². The van der Waals surface area contributed by atoms with E-state index in [2.05, 4.69) is 26.6 Å². The van der Waals surface area contributed by atoms with E-state index in [1.54, 1.807) is 33.6 Å². The van der Waals surface area contributed by atoms with Gasteiger partial charge in [-0.2, -0.15) is 0 Å². The molecule has 10 nitrogen and oxygen atoms in total. The maximum atomic E-state index is 12.7. The number of fused-ring (bicyclic) bond motifs is 4. The molecule has 2 aromatic carbocycles. The molecule has 3 fully saturated rings. The van der Waals surface area contributed by atoms with Crippen LogP contribution < -0.4 is 29.3 Å². The monoisotopic (exact) mass is 726 g/mol. The third-order valence-electron chi connectivity index (χ3n) is 10.8. The molecular formula is C39H40Cl2N6O4. The number of ether oxygens (including phenoxy) is 3. The number of carbonyl (C=O) groups excluding carboxylic acids is 1. The van der Waals surface area contributed by atoms with Gasteiger partial charge in [0, 0.05) is 77.5 Å². The van der Waals surface area contributed by atoms with E-state index in [4.69, 9.17) is 47.4 Å². The molecule has 1 N–H and O–H groups in total. The Morgan fingerprint density at radius 1 is 0.980 bits per heavy atom. The zero-order valence-electron chi connectivity index (χ0n) is 29.0. The molecule has 12 heteroatoms. The summed E-state index contributed by atoms with van der Waals surface area (Å²) in [6.45, 7) is 8.42. The molecule has 2 bridgehead atoms. The molecule has 3 aromatic rings. The predicted octanol–water partition coefficient (Wildman–Crippen LogP) is 7.56. The van der Waals surface area contributed by atoms with Gasteiger partial charge in [-0.15, -0.1) is 0 Å². The van der Waals surface area contributed by atoms with Crippen molar-refractivity contribution in [1.29, 1.82) is 0 Å². The summed E-state index contributed by atoms with van der Waals surface area (Å²) < 4.78 is 17.1. The highest BCUT2D eigenvalue weighted by atomic mass is 35.5. The smallest absolute Gasteiger partial charge is 0.247 e. The maximum Gasteiger partial charge on any atom is 0.247 e. The first-order valence-corrected chi connectivity index (χ1v) is 18.0. The zero-order chi connectivity index (χ0) is 35.4. The van der Waals surface area contributed by atoms with Crippen molar-refractivity contribution in [2.45, 2.75) is 31.7 Å². The van der Waals surface area contributed by atoms with Gasteiger partial charge in [0.2, 0.25) is 5.91 Å². The second-order valence-corrected chi connectivity index (χ2v) is 14.6. The first-order valence-electron chi connectivity index (χ1n) is 17.2. The van der Waals surface area contributed by atoms with Gasteiger partial charge in [0.15, 0.2) is 0 Å². The molecule has 51 heavy (non-hydrogen) atoms. The number of rotatable bonds is 9. The highest BCUT2D eigenvalue weighted by Gasteiger charge is 2.47. The molecule has 0 radical (unpaired) electrons. The van der Waals surface area contributed by atoms with Crippen molar-refractivity contribution in [3.63, 3.8) is 0 Å². The van der Waals surface area contributed by atoms with Crippen LogP contribution in [0.15, 0.2) is 60.5 Å². The van der Waals surface area contributed by atoms with Crippen LogP contribution in [0.2, 0.25) is 10.0 Å². The normalized spacial score (nSPS) is 19.0. The fraction of sp³-hybridized carbons (Fsp3) is 0.359. The van der Waals surface area contributed by atoms with Crippen LogP contribution in [0.3, 0.4) is 0 Å². The lowest BCUT2D eigenvalue weighted by molar-refractivity contribution is -0.111. The number of nitrogens with zero attached hydrogens (tertiary/aromatic N) is 5. The predicted molar refractivity (Wildman–Crippen MR) is 205 cm³/mol. The standard InChI is InChI=1S/C39H40Cl2N6O4/c1-5-35(48)44-28-15-25(32(49-2)17-31(28)47-21-39(22-47)8-11-45(12-9-39)24-6-7-24)27-16-30-23(19-43-27)14-26(29-20-46(30)13-10-42-29)36-37(40)33(50-3)18-34(51-4)38(36)41/h5,10,13-19,24H,1,6-9,11-12,20-22H2,2-4H3,(H,44,48). The SMILES string of the molecule is C=CC(=O)Nc1cc(-c2cc3c(cn2)C=C(c2c(Cl)c(OC)cc(OC)c2Cl)C2=NC=CN3C2)c(OC)cc1N1CC2(CCN(C3CC3)CC2)C1. The number of amides is 1. The maximum absolute atomic E-state index is 12.7. The Bertz CT molecular complexity index is 2000. The molecule has 5 aliphatic rings. The number of anilines is 3. The van der Waals surface area contributed by atoms with Crippen LogP contribution in [0.4, 0.5) is 17.1 Å². The third kappa shape index (κ3) is 6.03. The Morgan fingerprint density at radius 2 is 1.69 bits per heavy atom. The Kier molecular flexibility index (Phi) is 8.72. The van der Waals surface area contributed by atoms with E-state index in [1.165, 1.54) is 44.8 Å².